The molecule has 1 amide bonds. The predicted octanol–water partition coefficient (Wildman–Crippen LogP) is 1.89. The fraction of sp³-hybridized carbons (Fsp3) is 0.588. The maximum Gasteiger partial charge on any atom is 0.230 e. The number of carbonyl (C=O) groups excluding carboxylic acids is 1. The Hall–Kier alpha value is -1.55. The summed E-state index contributed by atoms with van der Waals surface area (Å²) in [7, 11) is 0. The SMILES string of the molecule is Nc1ccccc1N(CCO)C(=O)C1C2C3CCC(C3)C12. The van der Waals surface area contributed by atoms with E-state index in [0.717, 1.165) is 17.5 Å². The number of anilines is 2. The summed E-state index contributed by atoms with van der Waals surface area (Å²) in [5.41, 5.74) is 7.37. The molecule has 1 aromatic rings. The molecule has 3 aliphatic rings. The van der Waals surface area contributed by atoms with Crippen LogP contribution in [0.3, 0.4) is 0 Å². The van der Waals surface area contributed by atoms with E-state index in [9.17, 15) is 9.90 Å². The number of aliphatic hydroxyl groups excluding tert-OH is 1. The van der Waals surface area contributed by atoms with Crippen molar-refractivity contribution < 1.29 is 9.90 Å². The van der Waals surface area contributed by atoms with Gasteiger partial charge in [0.05, 0.1) is 18.0 Å². The number of para-hydroxylation sites is 2. The molecule has 112 valence electrons. The standard InChI is InChI=1S/C17H22N2O2/c18-12-3-1-2-4-13(12)19(7-8-20)17(21)16-14-10-5-6-11(9-10)15(14)16/h1-4,10-11,14-16,20H,5-9,18H2. The van der Waals surface area contributed by atoms with Crippen molar-refractivity contribution in [2.75, 3.05) is 23.8 Å². The molecule has 0 aromatic heterocycles. The van der Waals surface area contributed by atoms with Gasteiger partial charge in [-0.15, -0.1) is 0 Å². The van der Waals surface area contributed by atoms with Gasteiger partial charge in [0.15, 0.2) is 0 Å². The molecule has 0 radical (unpaired) electrons. The van der Waals surface area contributed by atoms with Crippen molar-refractivity contribution >= 4 is 17.3 Å². The Kier molecular flexibility index (Phi) is 2.96. The Labute approximate surface area is 124 Å². The van der Waals surface area contributed by atoms with Crippen LogP contribution in [0.15, 0.2) is 24.3 Å². The normalized spacial score (nSPS) is 35.6. The molecule has 4 heteroatoms. The summed E-state index contributed by atoms with van der Waals surface area (Å²) in [6.07, 6.45) is 3.96. The first kappa shape index (κ1) is 13.1. The molecular weight excluding hydrogens is 264 g/mol. The second-order valence-electron chi connectivity index (χ2n) is 6.79. The van der Waals surface area contributed by atoms with Gasteiger partial charge < -0.3 is 15.7 Å². The van der Waals surface area contributed by atoms with Crippen LogP contribution in [-0.2, 0) is 4.79 Å². The fourth-order valence-electron chi connectivity index (χ4n) is 5.02. The summed E-state index contributed by atoms with van der Waals surface area (Å²) in [5, 5.41) is 9.32. The molecule has 4 rings (SSSR count). The Morgan fingerprint density at radius 2 is 1.90 bits per heavy atom. The van der Waals surface area contributed by atoms with Gasteiger partial charge in [0.25, 0.3) is 0 Å². The molecule has 2 bridgehead atoms. The van der Waals surface area contributed by atoms with Gasteiger partial charge in [-0.3, -0.25) is 4.79 Å². The van der Waals surface area contributed by atoms with E-state index in [2.05, 4.69) is 0 Å². The van der Waals surface area contributed by atoms with Crippen LogP contribution in [0.5, 0.6) is 0 Å². The van der Waals surface area contributed by atoms with Gasteiger partial charge in [-0.25, -0.2) is 0 Å². The van der Waals surface area contributed by atoms with E-state index >= 15 is 0 Å². The molecule has 21 heavy (non-hydrogen) atoms. The van der Waals surface area contributed by atoms with Crippen LogP contribution in [0.2, 0.25) is 0 Å². The number of fused-ring (bicyclic) bond motifs is 5. The third kappa shape index (κ3) is 1.89. The topological polar surface area (TPSA) is 66.6 Å². The van der Waals surface area contributed by atoms with Gasteiger partial charge in [-0.05, 0) is 55.1 Å². The van der Waals surface area contributed by atoms with Crippen molar-refractivity contribution in [3.63, 3.8) is 0 Å². The van der Waals surface area contributed by atoms with E-state index in [0.29, 0.717) is 24.1 Å². The van der Waals surface area contributed by atoms with Crippen molar-refractivity contribution in [1.82, 2.24) is 0 Å². The van der Waals surface area contributed by atoms with Crippen molar-refractivity contribution in [1.29, 1.82) is 0 Å². The molecule has 3 N–H and O–H groups in total. The number of hydrogen-bond acceptors (Lipinski definition) is 3. The maximum atomic E-state index is 12.9. The van der Waals surface area contributed by atoms with Crippen molar-refractivity contribution in [2.45, 2.75) is 19.3 Å². The number of aliphatic hydroxyl groups is 1. The summed E-state index contributed by atoms with van der Waals surface area (Å²) in [6.45, 7) is 0.299. The Morgan fingerprint density at radius 1 is 1.24 bits per heavy atom. The lowest BCUT2D eigenvalue weighted by Crippen LogP contribution is -2.36. The maximum absolute atomic E-state index is 12.9. The van der Waals surface area contributed by atoms with Crippen molar-refractivity contribution in [3.8, 4) is 0 Å². The molecule has 3 fully saturated rings. The van der Waals surface area contributed by atoms with E-state index in [1.54, 1.807) is 4.90 Å². The Balaban J connectivity index is 1.58. The lowest BCUT2D eigenvalue weighted by molar-refractivity contribution is -0.120. The van der Waals surface area contributed by atoms with Crippen LogP contribution < -0.4 is 10.6 Å². The lowest BCUT2D eigenvalue weighted by Gasteiger charge is -2.24. The zero-order chi connectivity index (χ0) is 14.6. The number of rotatable bonds is 4. The highest BCUT2D eigenvalue weighted by Gasteiger charge is 2.68. The van der Waals surface area contributed by atoms with Crippen molar-refractivity contribution in [2.24, 2.45) is 29.6 Å². The van der Waals surface area contributed by atoms with E-state index in [-0.39, 0.29) is 18.4 Å². The van der Waals surface area contributed by atoms with E-state index in [4.69, 9.17) is 5.73 Å². The van der Waals surface area contributed by atoms with Crippen LogP contribution >= 0.6 is 0 Å². The number of nitrogens with two attached hydrogens (primary N) is 1. The van der Waals surface area contributed by atoms with E-state index < -0.39 is 0 Å². The van der Waals surface area contributed by atoms with Crippen LogP contribution in [0.1, 0.15) is 19.3 Å². The zero-order valence-corrected chi connectivity index (χ0v) is 12.1. The van der Waals surface area contributed by atoms with Gasteiger partial charge in [-0.1, -0.05) is 12.1 Å². The molecular formula is C17H22N2O2. The van der Waals surface area contributed by atoms with Gasteiger partial charge in [0.1, 0.15) is 0 Å². The molecule has 0 heterocycles. The van der Waals surface area contributed by atoms with Crippen LogP contribution in [0.25, 0.3) is 0 Å². The highest BCUT2D eigenvalue weighted by molar-refractivity contribution is 5.99. The minimum Gasteiger partial charge on any atom is -0.397 e. The number of amides is 1. The van der Waals surface area contributed by atoms with Gasteiger partial charge in [-0.2, -0.15) is 0 Å². The van der Waals surface area contributed by atoms with Crippen LogP contribution in [0.4, 0.5) is 11.4 Å². The number of benzene rings is 1. The third-order valence-corrected chi connectivity index (χ3v) is 5.84. The quantitative estimate of drug-likeness (QED) is 0.831. The first-order valence-electron chi connectivity index (χ1n) is 7.99. The molecule has 0 aliphatic heterocycles. The summed E-state index contributed by atoms with van der Waals surface area (Å²) in [4.78, 5) is 14.6. The molecule has 3 aliphatic carbocycles. The molecule has 0 saturated heterocycles. The zero-order valence-electron chi connectivity index (χ0n) is 12.1. The second kappa shape index (κ2) is 4.73. The highest BCUT2D eigenvalue weighted by atomic mass is 16.3. The number of hydrogen-bond donors (Lipinski definition) is 2. The summed E-state index contributed by atoms with van der Waals surface area (Å²) >= 11 is 0. The van der Waals surface area contributed by atoms with E-state index in [1.807, 2.05) is 24.3 Å². The average Bonchev–Trinajstić information content (AvgIpc) is 2.92. The summed E-state index contributed by atoms with van der Waals surface area (Å²) in [5.74, 6) is 3.14. The summed E-state index contributed by atoms with van der Waals surface area (Å²) < 4.78 is 0. The smallest absolute Gasteiger partial charge is 0.230 e. The number of nitrogens with zero attached hydrogens (tertiary/aromatic N) is 1. The second-order valence-corrected chi connectivity index (χ2v) is 6.79. The monoisotopic (exact) mass is 286 g/mol. The van der Waals surface area contributed by atoms with Crippen molar-refractivity contribution in [3.05, 3.63) is 24.3 Å². The van der Waals surface area contributed by atoms with Crippen LogP contribution in [-0.4, -0.2) is 24.2 Å². The third-order valence-electron chi connectivity index (χ3n) is 5.84. The number of carbonyl (C=O) groups is 1. The Bertz CT molecular complexity index is 558. The first-order valence-corrected chi connectivity index (χ1v) is 7.99. The van der Waals surface area contributed by atoms with Gasteiger partial charge in [0, 0.05) is 12.5 Å². The highest BCUT2D eigenvalue weighted by Crippen LogP contribution is 2.69. The number of nitrogen functional groups attached to an aromatic ring is 1. The molecule has 4 unspecified atom stereocenters. The first-order chi connectivity index (χ1) is 10.2. The predicted molar refractivity (Wildman–Crippen MR) is 81.6 cm³/mol. The lowest BCUT2D eigenvalue weighted by atomic mass is 10.0. The summed E-state index contributed by atoms with van der Waals surface area (Å²) in [6, 6.07) is 7.44. The Morgan fingerprint density at radius 3 is 2.52 bits per heavy atom. The van der Waals surface area contributed by atoms with Gasteiger partial charge >= 0.3 is 0 Å². The molecule has 4 nitrogen and oxygen atoms in total. The molecule has 3 saturated carbocycles. The van der Waals surface area contributed by atoms with Gasteiger partial charge in [0.2, 0.25) is 5.91 Å². The average molecular weight is 286 g/mol. The molecule has 4 atom stereocenters. The molecule has 0 spiro atoms. The minimum atomic E-state index is -0.0328. The fourth-order valence-corrected chi connectivity index (χ4v) is 5.02. The largest absolute Gasteiger partial charge is 0.397 e. The van der Waals surface area contributed by atoms with E-state index in [1.165, 1.54) is 19.3 Å². The minimum absolute atomic E-state index is 0.0328. The molecule has 1 aromatic carbocycles. The van der Waals surface area contributed by atoms with Crippen LogP contribution in [0, 0.1) is 29.6 Å².